The Morgan fingerprint density at radius 2 is 2.09 bits per heavy atom. The van der Waals surface area contributed by atoms with Gasteiger partial charge in [0.25, 0.3) is 5.91 Å². The third-order valence-electron chi connectivity index (χ3n) is 5.88. The van der Waals surface area contributed by atoms with Crippen LogP contribution in [0.1, 0.15) is 58.6 Å². The highest BCUT2D eigenvalue weighted by atomic mass is 32.1. The lowest BCUT2D eigenvalue weighted by Gasteiger charge is -2.33. The van der Waals surface area contributed by atoms with Crippen molar-refractivity contribution < 1.29 is 13.6 Å². The minimum absolute atomic E-state index is 0.0790. The van der Waals surface area contributed by atoms with Crippen molar-refractivity contribution in [1.29, 1.82) is 0 Å². The minimum Gasteiger partial charge on any atom is -0.443 e. The molecule has 0 radical (unpaired) electrons. The first-order chi connectivity index (χ1) is 16.1. The molecule has 4 aromatic rings. The topological polar surface area (TPSA) is 72.1 Å². The monoisotopic (exact) mass is 462 g/mol. The summed E-state index contributed by atoms with van der Waals surface area (Å²) in [7, 11) is 0. The molecule has 5 rings (SSSR count). The molecule has 1 aliphatic rings. The lowest BCUT2D eigenvalue weighted by atomic mass is 10.0. The summed E-state index contributed by atoms with van der Waals surface area (Å²) in [6.07, 6.45) is 6.48. The van der Waals surface area contributed by atoms with Crippen molar-refractivity contribution >= 4 is 17.2 Å². The van der Waals surface area contributed by atoms with Gasteiger partial charge >= 0.3 is 0 Å². The zero-order valence-electron chi connectivity index (χ0n) is 18.2. The number of amides is 1. The molecule has 168 valence electrons. The number of carbonyl (C=O) groups excluding carboxylic acids is 1. The SMILES string of the molecule is Cc1ncsc1-c1ccc(C(=O)N2CCCC[C@H]2c2ncc(Cc3cccc(F)c3)o2)cn1. The van der Waals surface area contributed by atoms with Gasteiger partial charge in [0, 0.05) is 19.2 Å². The fraction of sp³-hybridized carbons (Fsp3) is 0.280. The van der Waals surface area contributed by atoms with Gasteiger partial charge in [0.2, 0.25) is 5.89 Å². The van der Waals surface area contributed by atoms with E-state index in [2.05, 4.69) is 15.0 Å². The molecule has 4 heterocycles. The average molecular weight is 463 g/mol. The van der Waals surface area contributed by atoms with Crippen LogP contribution in [0, 0.1) is 12.7 Å². The Morgan fingerprint density at radius 1 is 1.18 bits per heavy atom. The molecule has 3 aromatic heterocycles. The summed E-state index contributed by atoms with van der Waals surface area (Å²) < 4.78 is 19.5. The maximum Gasteiger partial charge on any atom is 0.256 e. The minimum atomic E-state index is -0.276. The highest BCUT2D eigenvalue weighted by Gasteiger charge is 2.32. The highest BCUT2D eigenvalue weighted by molar-refractivity contribution is 7.13. The van der Waals surface area contributed by atoms with E-state index < -0.39 is 0 Å². The predicted octanol–water partition coefficient (Wildman–Crippen LogP) is 5.60. The Morgan fingerprint density at radius 3 is 2.85 bits per heavy atom. The van der Waals surface area contributed by atoms with E-state index in [0.29, 0.717) is 30.2 Å². The lowest BCUT2D eigenvalue weighted by Crippen LogP contribution is -2.38. The molecule has 1 aliphatic heterocycles. The molecule has 6 nitrogen and oxygen atoms in total. The van der Waals surface area contributed by atoms with Gasteiger partial charge in [0.05, 0.1) is 33.5 Å². The van der Waals surface area contributed by atoms with Crippen LogP contribution >= 0.6 is 11.3 Å². The Bertz CT molecular complexity index is 1270. The van der Waals surface area contributed by atoms with Crippen LogP contribution in [0.15, 0.2) is 58.7 Å². The van der Waals surface area contributed by atoms with Crippen molar-refractivity contribution in [3.8, 4) is 10.6 Å². The molecule has 0 saturated carbocycles. The first kappa shape index (κ1) is 21.5. The van der Waals surface area contributed by atoms with Crippen molar-refractivity contribution in [2.45, 2.75) is 38.6 Å². The van der Waals surface area contributed by atoms with E-state index in [9.17, 15) is 9.18 Å². The van der Waals surface area contributed by atoms with Crippen molar-refractivity contribution in [3.63, 3.8) is 0 Å². The molecule has 0 spiro atoms. The number of nitrogens with zero attached hydrogens (tertiary/aromatic N) is 4. The van der Waals surface area contributed by atoms with Crippen LogP contribution in [-0.4, -0.2) is 32.3 Å². The molecule has 0 aliphatic carbocycles. The molecule has 1 saturated heterocycles. The lowest BCUT2D eigenvalue weighted by molar-refractivity contribution is 0.0569. The van der Waals surface area contributed by atoms with E-state index in [-0.39, 0.29) is 17.8 Å². The fourth-order valence-corrected chi connectivity index (χ4v) is 4.99. The predicted molar refractivity (Wildman–Crippen MR) is 123 cm³/mol. The number of halogens is 1. The Kier molecular flexibility index (Phi) is 6.00. The largest absolute Gasteiger partial charge is 0.443 e. The molecule has 0 N–H and O–H groups in total. The van der Waals surface area contributed by atoms with E-state index in [1.807, 2.05) is 30.0 Å². The Hall–Kier alpha value is -3.39. The van der Waals surface area contributed by atoms with E-state index in [4.69, 9.17) is 4.42 Å². The average Bonchev–Trinajstić information content (AvgIpc) is 3.48. The summed E-state index contributed by atoms with van der Waals surface area (Å²) in [5, 5.41) is 0. The van der Waals surface area contributed by atoms with E-state index in [0.717, 1.165) is 41.1 Å². The van der Waals surface area contributed by atoms with Gasteiger partial charge in [-0.3, -0.25) is 9.78 Å². The number of carbonyl (C=O) groups is 1. The number of aromatic nitrogens is 3. The number of hydrogen-bond acceptors (Lipinski definition) is 6. The van der Waals surface area contributed by atoms with Crippen molar-refractivity contribution in [1.82, 2.24) is 19.9 Å². The Labute approximate surface area is 195 Å². The molecular weight excluding hydrogens is 439 g/mol. The number of rotatable bonds is 5. The molecule has 0 bridgehead atoms. The molecule has 1 amide bonds. The number of aryl methyl sites for hydroxylation is 1. The zero-order chi connectivity index (χ0) is 22.8. The second kappa shape index (κ2) is 9.23. The fourth-order valence-electron chi connectivity index (χ4n) is 4.21. The molecule has 33 heavy (non-hydrogen) atoms. The summed E-state index contributed by atoms with van der Waals surface area (Å²) in [6.45, 7) is 2.59. The number of thiazole rings is 1. The van der Waals surface area contributed by atoms with Crippen LogP contribution in [0.5, 0.6) is 0 Å². The maximum atomic E-state index is 13.5. The van der Waals surface area contributed by atoms with Gasteiger partial charge in [-0.25, -0.2) is 14.4 Å². The number of piperidine rings is 1. The summed E-state index contributed by atoms with van der Waals surface area (Å²) in [6, 6.07) is 9.90. The smallest absolute Gasteiger partial charge is 0.256 e. The molecule has 1 aromatic carbocycles. The van der Waals surface area contributed by atoms with E-state index in [1.54, 1.807) is 24.0 Å². The number of hydrogen-bond donors (Lipinski definition) is 0. The number of oxazole rings is 1. The quantitative estimate of drug-likeness (QED) is 0.386. The third kappa shape index (κ3) is 4.57. The van der Waals surface area contributed by atoms with Gasteiger partial charge in [-0.2, -0.15) is 0 Å². The molecular formula is C25H23FN4O2S. The van der Waals surface area contributed by atoms with Crippen LogP contribution in [0.25, 0.3) is 10.6 Å². The number of pyridine rings is 1. The van der Waals surface area contributed by atoms with Crippen molar-refractivity contribution in [2.75, 3.05) is 6.54 Å². The summed E-state index contributed by atoms with van der Waals surface area (Å²) in [5.41, 5.74) is 4.90. The van der Waals surface area contributed by atoms with Crippen LogP contribution in [0.4, 0.5) is 4.39 Å². The number of benzene rings is 1. The summed E-state index contributed by atoms with van der Waals surface area (Å²) >= 11 is 1.54. The van der Waals surface area contributed by atoms with Crippen LogP contribution < -0.4 is 0 Å². The van der Waals surface area contributed by atoms with Crippen LogP contribution in [0.3, 0.4) is 0 Å². The zero-order valence-corrected chi connectivity index (χ0v) is 19.0. The second-order valence-electron chi connectivity index (χ2n) is 8.18. The van der Waals surface area contributed by atoms with Crippen LogP contribution in [-0.2, 0) is 6.42 Å². The normalized spacial score (nSPS) is 16.2. The first-order valence-electron chi connectivity index (χ1n) is 10.9. The first-order valence-corrected chi connectivity index (χ1v) is 11.8. The second-order valence-corrected chi connectivity index (χ2v) is 9.04. The van der Waals surface area contributed by atoms with Gasteiger partial charge in [-0.15, -0.1) is 11.3 Å². The summed E-state index contributed by atoms with van der Waals surface area (Å²) in [4.78, 5) is 29.4. The van der Waals surface area contributed by atoms with Crippen molar-refractivity contribution in [3.05, 3.63) is 88.6 Å². The van der Waals surface area contributed by atoms with Crippen LogP contribution in [0.2, 0.25) is 0 Å². The third-order valence-corrected chi connectivity index (χ3v) is 6.83. The Balaban J connectivity index is 1.34. The van der Waals surface area contributed by atoms with Gasteiger partial charge in [-0.05, 0) is 56.0 Å². The van der Waals surface area contributed by atoms with Gasteiger partial charge in [-0.1, -0.05) is 12.1 Å². The van der Waals surface area contributed by atoms with Gasteiger partial charge in [0.1, 0.15) is 17.6 Å². The molecule has 1 atom stereocenters. The maximum absolute atomic E-state index is 13.5. The van der Waals surface area contributed by atoms with E-state index >= 15 is 0 Å². The number of likely N-dealkylation sites (tertiary alicyclic amines) is 1. The van der Waals surface area contributed by atoms with Gasteiger partial charge in [0.15, 0.2) is 0 Å². The molecule has 8 heteroatoms. The van der Waals surface area contributed by atoms with Crippen molar-refractivity contribution in [2.24, 2.45) is 0 Å². The van der Waals surface area contributed by atoms with Gasteiger partial charge < -0.3 is 9.32 Å². The summed E-state index contributed by atoms with van der Waals surface area (Å²) in [5.74, 6) is 0.824. The highest BCUT2D eigenvalue weighted by Crippen LogP contribution is 2.33. The van der Waals surface area contributed by atoms with E-state index in [1.165, 1.54) is 23.5 Å². The molecule has 0 unspecified atom stereocenters. The molecule has 1 fully saturated rings. The standard InChI is InChI=1S/C25H23FN4O2S/c1-16-23(33-15-29-16)21-9-8-18(13-27-21)25(31)30-10-3-2-7-22(30)24-28-14-20(32-24)12-17-5-4-6-19(26)11-17/h4-6,8-9,11,13-15,22H,2-3,7,10,12H2,1H3/t22-/m0/s1.